The molecule has 7 nitrogen and oxygen atoms in total. The van der Waals surface area contributed by atoms with Gasteiger partial charge in [-0.2, -0.15) is 13.2 Å². The second-order valence-corrected chi connectivity index (χ2v) is 12.1. The monoisotopic (exact) mass is 573 g/mol. The Morgan fingerprint density at radius 1 is 1.16 bits per heavy atom. The normalized spacial score (nSPS) is 16.5. The molecule has 13 heteroatoms. The van der Waals surface area contributed by atoms with E-state index in [1.807, 2.05) is 0 Å². The minimum Gasteiger partial charge on any atom is -0.474 e. The highest BCUT2D eigenvalue weighted by Crippen LogP contribution is 2.42. The Hall–Kier alpha value is -2.80. The first kappa shape index (κ1) is 27.2. The summed E-state index contributed by atoms with van der Waals surface area (Å²) in [5.41, 5.74) is 0.275. The first-order valence-electron chi connectivity index (χ1n) is 11.1. The summed E-state index contributed by atoms with van der Waals surface area (Å²) in [6.45, 7) is 2.03. The summed E-state index contributed by atoms with van der Waals surface area (Å²) in [6.07, 6.45) is -3.89. The van der Waals surface area contributed by atoms with Crippen LogP contribution >= 0.6 is 22.9 Å². The zero-order chi connectivity index (χ0) is 27.0. The number of alkyl halides is 3. The zero-order valence-electron chi connectivity index (χ0n) is 19.7. The van der Waals surface area contributed by atoms with Gasteiger partial charge < -0.3 is 10.1 Å². The van der Waals surface area contributed by atoms with Gasteiger partial charge in [-0.05, 0) is 44.2 Å². The zero-order valence-corrected chi connectivity index (χ0v) is 22.1. The SMILES string of the molecule is CC(=O)Nc1ccccc1-c1cc(S(=O)(=O)Nc2ccc(C(F)(F)F)c(OC3CCCN3C)c2)sc1Cl. The summed E-state index contributed by atoms with van der Waals surface area (Å²) >= 11 is 7.15. The Bertz CT molecular complexity index is 1430. The minimum absolute atomic E-state index is 0.0895. The first-order chi connectivity index (χ1) is 17.3. The maximum Gasteiger partial charge on any atom is 0.419 e. The third-order valence-corrected chi connectivity index (χ3v) is 8.93. The number of thiophene rings is 1. The van der Waals surface area contributed by atoms with Crippen LogP contribution in [0.2, 0.25) is 4.34 Å². The van der Waals surface area contributed by atoms with Crippen LogP contribution in [-0.4, -0.2) is 39.0 Å². The van der Waals surface area contributed by atoms with Crippen LogP contribution < -0.4 is 14.8 Å². The lowest BCUT2D eigenvalue weighted by molar-refractivity contribution is -0.139. The summed E-state index contributed by atoms with van der Waals surface area (Å²) in [5, 5.41) is 2.68. The largest absolute Gasteiger partial charge is 0.474 e. The standard InChI is InChI=1S/C24H23ClF3N3O4S2/c1-14(32)29-19-7-4-3-6-16(19)17-13-22(36-23(17)25)37(33,34)30-15-9-10-18(24(26,27)28)20(12-15)35-21-8-5-11-31(21)2/h3-4,6-7,9-10,12-13,21,30H,5,8,11H2,1-2H3,(H,29,32). The number of anilines is 2. The van der Waals surface area contributed by atoms with E-state index in [1.165, 1.54) is 13.0 Å². The van der Waals surface area contributed by atoms with Crippen LogP contribution in [0.4, 0.5) is 24.5 Å². The number of nitrogens with one attached hydrogen (secondary N) is 2. The molecule has 0 radical (unpaired) electrons. The number of hydrogen-bond donors (Lipinski definition) is 2. The van der Waals surface area contributed by atoms with E-state index >= 15 is 0 Å². The average Bonchev–Trinajstić information content (AvgIpc) is 3.38. The fourth-order valence-electron chi connectivity index (χ4n) is 3.98. The molecular formula is C24H23ClF3N3O4S2. The van der Waals surface area contributed by atoms with Gasteiger partial charge in [-0.1, -0.05) is 29.8 Å². The molecule has 1 fully saturated rings. The van der Waals surface area contributed by atoms with Crippen LogP contribution in [0, 0.1) is 0 Å². The van der Waals surface area contributed by atoms with Crippen molar-refractivity contribution in [2.45, 2.75) is 36.4 Å². The van der Waals surface area contributed by atoms with Gasteiger partial charge in [0.05, 0.1) is 11.3 Å². The molecule has 0 saturated carbocycles. The molecule has 0 spiro atoms. The Morgan fingerprint density at radius 3 is 2.54 bits per heavy atom. The summed E-state index contributed by atoms with van der Waals surface area (Å²) in [6, 6.07) is 11.0. The number of carbonyl (C=O) groups excluding carboxylic acids is 1. The van der Waals surface area contributed by atoms with Crippen LogP contribution in [0.1, 0.15) is 25.3 Å². The second kappa shape index (κ2) is 10.5. The third kappa shape index (κ3) is 6.20. The number of likely N-dealkylation sites (tertiary alicyclic amines) is 1. The number of sulfonamides is 1. The van der Waals surface area contributed by atoms with Crippen LogP contribution in [0.15, 0.2) is 52.7 Å². The third-order valence-electron chi connectivity index (χ3n) is 5.71. The predicted molar refractivity (Wildman–Crippen MR) is 138 cm³/mol. The molecule has 2 aromatic carbocycles. The number of halogens is 4. The molecule has 0 bridgehead atoms. The van der Waals surface area contributed by atoms with E-state index in [0.717, 1.165) is 36.0 Å². The van der Waals surface area contributed by atoms with Crippen molar-refractivity contribution < 1.29 is 31.1 Å². The highest BCUT2D eigenvalue weighted by Gasteiger charge is 2.36. The number of ether oxygens (including phenoxy) is 1. The van der Waals surface area contributed by atoms with Gasteiger partial charge in [-0.3, -0.25) is 14.4 Å². The van der Waals surface area contributed by atoms with Crippen molar-refractivity contribution in [2.75, 3.05) is 23.6 Å². The van der Waals surface area contributed by atoms with Crippen molar-refractivity contribution in [3.63, 3.8) is 0 Å². The molecule has 2 heterocycles. The van der Waals surface area contributed by atoms with Crippen LogP contribution in [0.3, 0.4) is 0 Å². The summed E-state index contributed by atoms with van der Waals surface area (Å²) in [7, 11) is -2.46. The molecule has 1 amide bonds. The van der Waals surface area contributed by atoms with E-state index in [9.17, 15) is 26.4 Å². The maximum atomic E-state index is 13.6. The number of amides is 1. The van der Waals surface area contributed by atoms with Crippen molar-refractivity contribution in [2.24, 2.45) is 0 Å². The van der Waals surface area contributed by atoms with Gasteiger partial charge in [0, 0.05) is 36.3 Å². The number of hydrogen-bond acceptors (Lipinski definition) is 6. The van der Waals surface area contributed by atoms with Crippen LogP contribution in [0.25, 0.3) is 11.1 Å². The van der Waals surface area contributed by atoms with E-state index in [-0.39, 0.29) is 20.1 Å². The molecule has 3 aromatic rings. The number of carbonyl (C=O) groups is 1. The summed E-state index contributed by atoms with van der Waals surface area (Å²) in [4.78, 5) is 13.4. The van der Waals surface area contributed by atoms with E-state index in [0.29, 0.717) is 29.8 Å². The quantitative estimate of drug-likeness (QED) is 0.347. The lowest BCUT2D eigenvalue weighted by Crippen LogP contribution is -2.31. The summed E-state index contributed by atoms with van der Waals surface area (Å²) in [5.74, 6) is -0.766. The predicted octanol–water partition coefficient (Wildman–Crippen LogP) is 6.28. The highest BCUT2D eigenvalue weighted by molar-refractivity contribution is 7.94. The molecule has 1 unspecified atom stereocenters. The van der Waals surface area contributed by atoms with Gasteiger partial charge in [-0.15, -0.1) is 11.3 Å². The molecule has 198 valence electrons. The fourth-order valence-corrected chi connectivity index (χ4v) is 6.78. The molecule has 1 aliphatic heterocycles. The minimum atomic E-state index is -4.68. The van der Waals surface area contributed by atoms with E-state index < -0.39 is 33.7 Å². The molecular weight excluding hydrogens is 551 g/mol. The molecule has 1 atom stereocenters. The Morgan fingerprint density at radius 2 is 1.89 bits per heavy atom. The molecule has 0 aliphatic carbocycles. The topological polar surface area (TPSA) is 87.7 Å². The maximum absolute atomic E-state index is 13.6. The van der Waals surface area contributed by atoms with E-state index in [1.54, 1.807) is 36.2 Å². The average molecular weight is 574 g/mol. The highest BCUT2D eigenvalue weighted by atomic mass is 35.5. The Labute approximate surface area is 221 Å². The summed E-state index contributed by atoms with van der Waals surface area (Å²) < 4.78 is 75.1. The van der Waals surface area contributed by atoms with Gasteiger partial charge in [0.15, 0.2) is 6.23 Å². The van der Waals surface area contributed by atoms with Gasteiger partial charge in [-0.25, -0.2) is 8.42 Å². The lowest BCUT2D eigenvalue weighted by Gasteiger charge is -2.23. The van der Waals surface area contributed by atoms with E-state index in [2.05, 4.69) is 10.0 Å². The van der Waals surface area contributed by atoms with Crippen molar-refractivity contribution in [1.82, 2.24) is 4.90 Å². The van der Waals surface area contributed by atoms with Crippen LogP contribution in [0.5, 0.6) is 5.75 Å². The van der Waals surface area contributed by atoms with Gasteiger partial charge >= 0.3 is 6.18 Å². The molecule has 1 aliphatic rings. The number of nitrogens with zero attached hydrogens (tertiary/aromatic N) is 1. The second-order valence-electron chi connectivity index (χ2n) is 8.49. The van der Waals surface area contributed by atoms with E-state index in [4.69, 9.17) is 16.3 Å². The van der Waals surface area contributed by atoms with Gasteiger partial charge in [0.1, 0.15) is 14.3 Å². The van der Waals surface area contributed by atoms with Gasteiger partial charge in [0.25, 0.3) is 10.0 Å². The van der Waals surface area contributed by atoms with Crippen LogP contribution in [-0.2, 0) is 21.0 Å². The van der Waals surface area contributed by atoms with Crippen molar-refractivity contribution in [3.05, 3.63) is 58.4 Å². The number of para-hydroxylation sites is 1. The molecule has 1 saturated heterocycles. The number of benzene rings is 2. The fraction of sp³-hybridized carbons (Fsp3) is 0.292. The number of rotatable bonds is 7. The molecule has 1 aromatic heterocycles. The molecule has 2 N–H and O–H groups in total. The van der Waals surface area contributed by atoms with Crippen molar-refractivity contribution in [1.29, 1.82) is 0 Å². The van der Waals surface area contributed by atoms with Crippen molar-refractivity contribution in [3.8, 4) is 16.9 Å². The Kier molecular flexibility index (Phi) is 7.75. The van der Waals surface area contributed by atoms with Gasteiger partial charge in [0.2, 0.25) is 5.91 Å². The first-order valence-corrected chi connectivity index (χ1v) is 13.8. The lowest BCUT2D eigenvalue weighted by atomic mass is 10.1. The smallest absolute Gasteiger partial charge is 0.419 e. The van der Waals surface area contributed by atoms with Crippen molar-refractivity contribution >= 4 is 50.2 Å². The molecule has 4 rings (SSSR count). The Balaban J connectivity index is 1.65. The molecule has 37 heavy (non-hydrogen) atoms.